The molecule has 0 aromatic carbocycles. The van der Waals surface area contributed by atoms with Crippen LogP contribution in [0.2, 0.25) is 10.0 Å². The van der Waals surface area contributed by atoms with Gasteiger partial charge in [-0.2, -0.15) is 0 Å². The smallest absolute Gasteiger partial charge is 0.306 e. The Hall–Kier alpha value is -0.840. The van der Waals surface area contributed by atoms with Gasteiger partial charge in [0.05, 0.1) is 22.6 Å². The predicted molar refractivity (Wildman–Crippen MR) is 51.5 cm³/mol. The summed E-state index contributed by atoms with van der Waals surface area (Å²) in [5.74, 6) is -1.12. The first kappa shape index (κ1) is 11.2. The van der Waals surface area contributed by atoms with Gasteiger partial charge in [-0.25, -0.2) is 0 Å². The van der Waals surface area contributed by atoms with E-state index in [1.54, 1.807) is 0 Å². The Bertz CT molecular complexity index is 336. The lowest BCUT2D eigenvalue weighted by atomic mass is 10.1. The van der Waals surface area contributed by atoms with Gasteiger partial charge in [0.1, 0.15) is 0 Å². The van der Waals surface area contributed by atoms with Crippen molar-refractivity contribution >= 4 is 29.2 Å². The number of aromatic nitrogens is 1. The molecule has 1 heterocycles. The molecule has 6 heteroatoms. The quantitative estimate of drug-likeness (QED) is 0.840. The van der Waals surface area contributed by atoms with E-state index in [2.05, 4.69) is 4.98 Å². The molecule has 0 radical (unpaired) electrons. The van der Waals surface area contributed by atoms with Crippen molar-refractivity contribution in [3.63, 3.8) is 0 Å². The molecular formula is C8H7Cl2NO3. The Kier molecular flexibility index (Phi) is 3.69. The molecule has 1 aromatic rings. The number of pyridine rings is 1. The van der Waals surface area contributed by atoms with Gasteiger partial charge in [-0.05, 0) is 0 Å². The summed E-state index contributed by atoms with van der Waals surface area (Å²) in [7, 11) is 0. The van der Waals surface area contributed by atoms with Crippen LogP contribution < -0.4 is 0 Å². The monoisotopic (exact) mass is 235 g/mol. The zero-order chi connectivity index (χ0) is 10.7. The average Bonchev–Trinajstić information content (AvgIpc) is 2.01. The normalized spacial score (nSPS) is 12.5. The summed E-state index contributed by atoms with van der Waals surface area (Å²) >= 11 is 11.4. The molecule has 1 atom stereocenters. The number of carbonyl (C=O) groups is 1. The van der Waals surface area contributed by atoms with Gasteiger partial charge in [-0.1, -0.05) is 23.2 Å². The lowest BCUT2D eigenvalue weighted by molar-refractivity contribution is -0.139. The van der Waals surface area contributed by atoms with Gasteiger partial charge < -0.3 is 10.2 Å². The number of nitrogens with zero attached hydrogens (tertiary/aromatic N) is 1. The highest BCUT2D eigenvalue weighted by molar-refractivity contribution is 6.35. The van der Waals surface area contributed by atoms with Crippen LogP contribution in [-0.2, 0) is 4.79 Å². The summed E-state index contributed by atoms with van der Waals surface area (Å²) in [6, 6.07) is 0. The van der Waals surface area contributed by atoms with Gasteiger partial charge in [-0.15, -0.1) is 0 Å². The standard InChI is InChI=1S/C8H7Cl2NO3/c9-4-2-11-3-5(10)8(4)6(12)1-7(13)14/h2-3,6,12H,1H2,(H,13,14)/t6-/m0/s1. The molecule has 0 saturated heterocycles. The minimum Gasteiger partial charge on any atom is -0.481 e. The van der Waals surface area contributed by atoms with Gasteiger partial charge in [0, 0.05) is 18.0 Å². The zero-order valence-electron chi connectivity index (χ0n) is 6.94. The van der Waals surface area contributed by atoms with E-state index in [9.17, 15) is 9.90 Å². The number of aliphatic hydroxyl groups excluding tert-OH is 1. The fourth-order valence-corrected chi connectivity index (χ4v) is 1.62. The zero-order valence-corrected chi connectivity index (χ0v) is 8.46. The number of carboxylic acids is 1. The molecule has 14 heavy (non-hydrogen) atoms. The molecule has 0 fully saturated rings. The number of hydrogen-bond donors (Lipinski definition) is 2. The SMILES string of the molecule is O=C(O)C[C@H](O)c1c(Cl)cncc1Cl. The second-order valence-corrected chi connectivity index (χ2v) is 3.44. The molecule has 76 valence electrons. The molecule has 0 aliphatic heterocycles. The van der Waals surface area contributed by atoms with Crippen LogP contribution in [0.1, 0.15) is 18.1 Å². The lowest BCUT2D eigenvalue weighted by Crippen LogP contribution is -2.06. The molecule has 1 aromatic heterocycles. The first-order valence-corrected chi connectivity index (χ1v) is 4.46. The van der Waals surface area contributed by atoms with Crippen molar-refractivity contribution in [2.45, 2.75) is 12.5 Å². The maximum atomic E-state index is 10.3. The van der Waals surface area contributed by atoms with Gasteiger partial charge in [0.15, 0.2) is 0 Å². The van der Waals surface area contributed by atoms with Crippen molar-refractivity contribution in [1.82, 2.24) is 4.98 Å². The first-order valence-electron chi connectivity index (χ1n) is 3.71. The van der Waals surface area contributed by atoms with Crippen LogP contribution in [0.5, 0.6) is 0 Å². The van der Waals surface area contributed by atoms with Gasteiger partial charge in [0.2, 0.25) is 0 Å². The molecule has 0 amide bonds. The first-order chi connectivity index (χ1) is 6.52. The third-order valence-electron chi connectivity index (χ3n) is 1.59. The van der Waals surface area contributed by atoms with Gasteiger partial charge >= 0.3 is 5.97 Å². The Labute approximate surface area is 90.1 Å². The highest BCUT2D eigenvalue weighted by atomic mass is 35.5. The van der Waals surface area contributed by atoms with E-state index in [-0.39, 0.29) is 15.6 Å². The molecule has 1 rings (SSSR count). The number of aliphatic hydroxyl groups is 1. The van der Waals surface area contributed by atoms with Crippen molar-refractivity contribution in [1.29, 1.82) is 0 Å². The second kappa shape index (κ2) is 4.59. The predicted octanol–water partition coefficient (Wildman–Crippen LogP) is 1.90. The highest BCUT2D eigenvalue weighted by Gasteiger charge is 2.18. The van der Waals surface area contributed by atoms with E-state index < -0.39 is 18.5 Å². The summed E-state index contributed by atoms with van der Waals surface area (Å²) in [4.78, 5) is 14.0. The van der Waals surface area contributed by atoms with Crippen molar-refractivity contribution < 1.29 is 15.0 Å². The maximum absolute atomic E-state index is 10.3. The Morgan fingerprint density at radius 1 is 1.43 bits per heavy atom. The second-order valence-electron chi connectivity index (χ2n) is 2.63. The van der Waals surface area contributed by atoms with Crippen LogP contribution in [-0.4, -0.2) is 21.2 Å². The third-order valence-corrected chi connectivity index (χ3v) is 2.19. The molecule has 4 nitrogen and oxygen atoms in total. The van der Waals surface area contributed by atoms with Crippen molar-refractivity contribution in [2.75, 3.05) is 0 Å². The number of halogens is 2. The fourth-order valence-electron chi connectivity index (χ4n) is 1.01. The Morgan fingerprint density at radius 3 is 2.36 bits per heavy atom. The van der Waals surface area contributed by atoms with Crippen molar-refractivity contribution in [3.05, 3.63) is 28.0 Å². The summed E-state index contributed by atoms with van der Waals surface area (Å²) in [6.07, 6.45) is 0.945. The van der Waals surface area contributed by atoms with Gasteiger partial charge in [-0.3, -0.25) is 9.78 Å². The number of hydrogen-bond acceptors (Lipinski definition) is 3. The van der Waals surface area contributed by atoms with Crippen LogP contribution in [0.4, 0.5) is 0 Å². The van der Waals surface area contributed by atoms with Crippen LogP contribution in [0.3, 0.4) is 0 Å². The Morgan fingerprint density at radius 2 is 1.93 bits per heavy atom. The number of aliphatic carboxylic acids is 1. The minimum atomic E-state index is -1.21. The summed E-state index contributed by atoms with van der Waals surface area (Å²) < 4.78 is 0. The molecule has 0 spiro atoms. The Balaban J connectivity index is 2.99. The van der Waals surface area contributed by atoms with E-state index in [0.717, 1.165) is 0 Å². The lowest BCUT2D eigenvalue weighted by Gasteiger charge is -2.11. The molecule has 0 unspecified atom stereocenters. The van der Waals surface area contributed by atoms with Gasteiger partial charge in [0.25, 0.3) is 0 Å². The highest BCUT2D eigenvalue weighted by Crippen LogP contribution is 2.30. The van der Waals surface area contributed by atoms with Crippen LogP contribution >= 0.6 is 23.2 Å². The van der Waals surface area contributed by atoms with E-state index in [4.69, 9.17) is 28.3 Å². The van der Waals surface area contributed by atoms with E-state index >= 15 is 0 Å². The fraction of sp³-hybridized carbons (Fsp3) is 0.250. The molecular weight excluding hydrogens is 229 g/mol. The largest absolute Gasteiger partial charge is 0.481 e. The molecule has 0 bridgehead atoms. The molecule has 0 aliphatic rings. The minimum absolute atomic E-state index is 0.159. The summed E-state index contributed by atoms with van der Waals surface area (Å²) in [5, 5.41) is 18.3. The van der Waals surface area contributed by atoms with Crippen LogP contribution in [0, 0.1) is 0 Å². The molecule has 2 N–H and O–H groups in total. The number of rotatable bonds is 3. The van der Waals surface area contributed by atoms with Crippen LogP contribution in [0.15, 0.2) is 12.4 Å². The van der Waals surface area contributed by atoms with E-state index in [0.29, 0.717) is 0 Å². The van der Waals surface area contributed by atoms with E-state index in [1.165, 1.54) is 12.4 Å². The summed E-state index contributed by atoms with van der Waals surface area (Å²) in [5.41, 5.74) is 0.200. The average molecular weight is 236 g/mol. The third kappa shape index (κ3) is 2.57. The van der Waals surface area contributed by atoms with Crippen LogP contribution in [0.25, 0.3) is 0 Å². The van der Waals surface area contributed by atoms with Crippen molar-refractivity contribution in [2.24, 2.45) is 0 Å². The molecule has 0 aliphatic carbocycles. The van der Waals surface area contributed by atoms with Crippen molar-refractivity contribution in [3.8, 4) is 0 Å². The topological polar surface area (TPSA) is 70.4 Å². The maximum Gasteiger partial charge on any atom is 0.306 e. The summed E-state index contributed by atoms with van der Waals surface area (Å²) in [6.45, 7) is 0. The molecule has 0 saturated carbocycles. The number of carboxylic acid groups (broad SMARTS) is 1. The van der Waals surface area contributed by atoms with E-state index in [1.807, 2.05) is 0 Å².